The van der Waals surface area contributed by atoms with Gasteiger partial charge in [-0.3, -0.25) is 4.79 Å². The third kappa shape index (κ3) is 2.95. The summed E-state index contributed by atoms with van der Waals surface area (Å²) in [7, 11) is 0. The Bertz CT molecular complexity index is 273. The first-order valence-corrected chi connectivity index (χ1v) is 5.56. The van der Waals surface area contributed by atoms with Crippen LogP contribution in [0.1, 0.15) is 27.2 Å². The van der Waals surface area contributed by atoms with Crippen LogP contribution in [0.2, 0.25) is 0 Å². The molecule has 5 heteroatoms. The van der Waals surface area contributed by atoms with E-state index in [0.717, 1.165) is 0 Å². The summed E-state index contributed by atoms with van der Waals surface area (Å²) in [4.78, 5) is 24.7. The first-order chi connectivity index (χ1) is 7.49. The maximum absolute atomic E-state index is 11.8. The maximum atomic E-state index is 11.8. The van der Waals surface area contributed by atoms with Crippen LogP contribution in [-0.4, -0.2) is 48.7 Å². The molecule has 1 rings (SSSR count). The molecule has 0 aromatic carbocycles. The lowest BCUT2D eigenvalue weighted by Gasteiger charge is -2.31. The molecule has 0 aliphatic carbocycles. The van der Waals surface area contributed by atoms with Crippen LogP contribution in [-0.2, 0) is 14.3 Å². The lowest BCUT2D eigenvalue weighted by Crippen LogP contribution is -2.47. The van der Waals surface area contributed by atoms with Crippen molar-refractivity contribution in [1.29, 1.82) is 0 Å². The Morgan fingerprint density at radius 2 is 1.94 bits per heavy atom. The Morgan fingerprint density at radius 1 is 1.38 bits per heavy atom. The topological polar surface area (TPSA) is 55.8 Å². The van der Waals surface area contributed by atoms with Gasteiger partial charge in [0.2, 0.25) is 0 Å². The number of ketones is 1. The standard InChI is InChI=1S/C11H19NO4/c1-4-11(3,9(2)13)16-10(14)12-5-7-15-8-6-12/h4-8H2,1-3H3. The SMILES string of the molecule is CCC(C)(OC(=O)N1CCOCC1)C(C)=O. The number of ether oxygens (including phenoxy) is 2. The third-order valence-corrected chi connectivity index (χ3v) is 3.00. The van der Waals surface area contributed by atoms with Gasteiger partial charge < -0.3 is 14.4 Å². The number of carbonyl (C=O) groups excluding carboxylic acids is 2. The molecule has 1 heterocycles. The molecule has 0 aromatic rings. The highest BCUT2D eigenvalue weighted by atomic mass is 16.6. The average molecular weight is 229 g/mol. The molecule has 1 saturated heterocycles. The summed E-state index contributed by atoms with van der Waals surface area (Å²) in [6, 6.07) is 0. The molecule has 0 spiro atoms. The van der Waals surface area contributed by atoms with Gasteiger partial charge in [0.25, 0.3) is 0 Å². The number of hydrogen-bond donors (Lipinski definition) is 0. The molecule has 0 N–H and O–H groups in total. The van der Waals surface area contributed by atoms with E-state index in [2.05, 4.69) is 0 Å². The third-order valence-electron chi connectivity index (χ3n) is 3.00. The molecule has 1 atom stereocenters. The number of nitrogens with zero attached hydrogens (tertiary/aromatic N) is 1. The Morgan fingerprint density at radius 3 is 2.38 bits per heavy atom. The van der Waals surface area contributed by atoms with Crippen LogP contribution in [0, 0.1) is 0 Å². The van der Waals surface area contributed by atoms with Crippen molar-refractivity contribution in [2.75, 3.05) is 26.3 Å². The summed E-state index contributed by atoms with van der Waals surface area (Å²) in [5.74, 6) is -0.128. The highest BCUT2D eigenvalue weighted by molar-refractivity contribution is 5.87. The summed E-state index contributed by atoms with van der Waals surface area (Å²) in [6.07, 6.45) is 0.0566. The largest absolute Gasteiger partial charge is 0.435 e. The van der Waals surface area contributed by atoms with E-state index in [1.54, 1.807) is 11.8 Å². The fourth-order valence-corrected chi connectivity index (χ4v) is 1.40. The molecular weight excluding hydrogens is 210 g/mol. The minimum atomic E-state index is -1.00. The first-order valence-electron chi connectivity index (χ1n) is 5.56. The van der Waals surface area contributed by atoms with Gasteiger partial charge in [-0.2, -0.15) is 0 Å². The molecule has 16 heavy (non-hydrogen) atoms. The van der Waals surface area contributed by atoms with Crippen molar-refractivity contribution < 1.29 is 19.1 Å². The van der Waals surface area contributed by atoms with Crippen molar-refractivity contribution in [3.63, 3.8) is 0 Å². The molecule has 0 saturated carbocycles. The predicted octanol–water partition coefficient (Wildman–Crippen LogP) is 1.21. The lowest BCUT2D eigenvalue weighted by atomic mass is 9.99. The minimum absolute atomic E-state index is 0.128. The van der Waals surface area contributed by atoms with Gasteiger partial charge >= 0.3 is 6.09 Å². The van der Waals surface area contributed by atoms with Crippen LogP contribution in [0.4, 0.5) is 4.79 Å². The van der Waals surface area contributed by atoms with E-state index in [0.29, 0.717) is 32.7 Å². The van der Waals surface area contributed by atoms with Crippen molar-refractivity contribution in [2.24, 2.45) is 0 Å². The zero-order valence-corrected chi connectivity index (χ0v) is 10.1. The van der Waals surface area contributed by atoms with Gasteiger partial charge in [0.05, 0.1) is 13.2 Å². The second kappa shape index (κ2) is 5.30. The Labute approximate surface area is 95.7 Å². The second-order valence-corrected chi connectivity index (χ2v) is 4.11. The normalized spacial score (nSPS) is 20.1. The molecule has 1 fully saturated rings. The zero-order chi connectivity index (χ0) is 12.2. The van der Waals surface area contributed by atoms with E-state index in [4.69, 9.17) is 9.47 Å². The van der Waals surface area contributed by atoms with Gasteiger partial charge in [-0.05, 0) is 20.3 Å². The first kappa shape index (κ1) is 13.0. The van der Waals surface area contributed by atoms with Gasteiger partial charge in [-0.25, -0.2) is 4.79 Å². The lowest BCUT2D eigenvalue weighted by molar-refractivity contribution is -0.135. The Balaban J connectivity index is 2.57. The maximum Gasteiger partial charge on any atom is 0.410 e. The molecule has 1 unspecified atom stereocenters. The average Bonchev–Trinajstić information content (AvgIpc) is 2.29. The van der Waals surface area contributed by atoms with E-state index in [9.17, 15) is 9.59 Å². The molecule has 0 radical (unpaired) electrons. The molecule has 1 aliphatic rings. The number of hydrogen-bond acceptors (Lipinski definition) is 4. The molecule has 0 bridgehead atoms. The summed E-state index contributed by atoms with van der Waals surface area (Å²) in [5, 5.41) is 0. The van der Waals surface area contributed by atoms with Crippen molar-refractivity contribution >= 4 is 11.9 Å². The predicted molar refractivity (Wildman–Crippen MR) is 58.3 cm³/mol. The summed E-state index contributed by atoms with van der Waals surface area (Å²) >= 11 is 0. The van der Waals surface area contributed by atoms with E-state index >= 15 is 0 Å². The van der Waals surface area contributed by atoms with Crippen LogP contribution in [0.5, 0.6) is 0 Å². The fraction of sp³-hybridized carbons (Fsp3) is 0.818. The number of carbonyl (C=O) groups is 2. The second-order valence-electron chi connectivity index (χ2n) is 4.11. The molecule has 1 aliphatic heterocycles. The smallest absolute Gasteiger partial charge is 0.410 e. The summed E-state index contributed by atoms with van der Waals surface area (Å²) in [6.45, 7) is 7.01. The van der Waals surface area contributed by atoms with E-state index < -0.39 is 11.7 Å². The van der Waals surface area contributed by atoms with Crippen LogP contribution in [0.3, 0.4) is 0 Å². The van der Waals surface area contributed by atoms with E-state index in [-0.39, 0.29) is 5.78 Å². The quantitative estimate of drug-likeness (QED) is 0.730. The Kier molecular flexibility index (Phi) is 4.29. The molecular formula is C11H19NO4. The van der Waals surface area contributed by atoms with Gasteiger partial charge in [0.15, 0.2) is 11.4 Å². The van der Waals surface area contributed by atoms with Crippen LogP contribution in [0.15, 0.2) is 0 Å². The molecule has 92 valence electrons. The van der Waals surface area contributed by atoms with Crippen molar-refractivity contribution in [3.8, 4) is 0 Å². The van der Waals surface area contributed by atoms with Crippen molar-refractivity contribution in [2.45, 2.75) is 32.8 Å². The van der Waals surface area contributed by atoms with Gasteiger partial charge in [0.1, 0.15) is 0 Å². The van der Waals surface area contributed by atoms with E-state index in [1.807, 2.05) is 6.92 Å². The van der Waals surface area contributed by atoms with Crippen LogP contribution >= 0.6 is 0 Å². The number of Topliss-reactive ketones (excluding diaryl/α,β-unsaturated/α-hetero) is 1. The summed E-state index contributed by atoms with van der Waals surface area (Å²) < 4.78 is 10.4. The minimum Gasteiger partial charge on any atom is -0.435 e. The zero-order valence-electron chi connectivity index (χ0n) is 10.1. The molecule has 1 amide bonds. The number of amides is 1. The fourth-order valence-electron chi connectivity index (χ4n) is 1.40. The van der Waals surface area contributed by atoms with Gasteiger partial charge in [-0.1, -0.05) is 6.92 Å². The monoisotopic (exact) mass is 229 g/mol. The van der Waals surface area contributed by atoms with Gasteiger partial charge in [-0.15, -0.1) is 0 Å². The highest BCUT2D eigenvalue weighted by Crippen LogP contribution is 2.18. The Hall–Kier alpha value is -1.10. The van der Waals surface area contributed by atoms with Crippen LogP contribution in [0.25, 0.3) is 0 Å². The highest BCUT2D eigenvalue weighted by Gasteiger charge is 2.34. The molecule has 0 aromatic heterocycles. The number of morpholine rings is 1. The number of rotatable bonds is 3. The van der Waals surface area contributed by atoms with Crippen molar-refractivity contribution in [1.82, 2.24) is 4.90 Å². The molecule has 5 nitrogen and oxygen atoms in total. The van der Waals surface area contributed by atoms with E-state index in [1.165, 1.54) is 6.92 Å². The van der Waals surface area contributed by atoms with Crippen LogP contribution < -0.4 is 0 Å². The summed E-state index contributed by atoms with van der Waals surface area (Å²) in [5.41, 5.74) is -1.00. The van der Waals surface area contributed by atoms with Gasteiger partial charge in [0, 0.05) is 13.1 Å². The van der Waals surface area contributed by atoms with Crippen molar-refractivity contribution in [3.05, 3.63) is 0 Å².